The molecule has 0 aliphatic carbocycles. The summed E-state index contributed by atoms with van der Waals surface area (Å²) in [5, 5.41) is 8.51. The summed E-state index contributed by atoms with van der Waals surface area (Å²) >= 11 is 5.98. The van der Waals surface area contributed by atoms with E-state index in [2.05, 4.69) is 15.2 Å². The molecular formula is C24H22ClFN6O. The average molecular weight is 468 g/mol. The van der Waals surface area contributed by atoms with Crippen molar-refractivity contribution < 1.29 is 13.2 Å². The summed E-state index contributed by atoms with van der Waals surface area (Å²) in [6, 6.07) is 7.86. The summed E-state index contributed by atoms with van der Waals surface area (Å²) in [7, 11) is 0. The smallest absolute Gasteiger partial charge is 0.228 e. The number of fused-ring (bicyclic) bond motifs is 1. The second kappa shape index (κ2) is 8.61. The summed E-state index contributed by atoms with van der Waals surface area (Å²) in [5.41, 5.74) is 3.41. The van der Waals surface area contributed by atoms with Crippen LogP contribution >= 0.6 is 11.6 Å². The summed E-state index contributed by atoms with van der Waals surface area (Å²) in [5.74, 6) is -0.124. The van der Waals surface area contributed by atoms with E-state index < -0.39 is 18.8 Å². The van der Waals surface area contributed by atoms with E-state index in [1.54, 1.807) is 12.1 Å². The number of rotatable bonds is 3. The first-order valence-electron chi connectivity index (χ1n) is 11.9. The third-order valence-corrected chi connectivity index (χ3v) is 5.94. The molecule has 0 amide bonds. The van der Waals surface area contributed by atoms with E-state index in [4.69, 9.17) is 30.4 Å². The number of hydrogen-bond donors (Lipinski definition) is 0. The van der Waals surface area contributed by atoms with Crippen molar-refractivity contribution in [3.8, 4) is 11.3 Å². The highest BCUT2D eigenvalue weighted by atomic mass is 35.5. The number of halogens is 2. The van der Waals surface area contributed by atoms with Crippen molar-refractivity contribution in [3.63, 3.8) is 0 Å². The number of hydrogen-bond acceptors (Lipinski definition) is 7. The standard InChI is InChI=1S/C24H22ClFN6O/c1-13-8-19-22(18-5-4-17(25)10-20(18)26)29-24(30-23(19)28-15(13)3)32-6-7-33-21(12-32)16-9-14(2)31-27-11-16/h4-5,8-11,21H,6-7,12H2,1-3H3/t21-/m0/s1/i2D3. The molecule has 1 aliphatic heterocycles. The molecule has 1 aliphatic rings. The fourth-order valence-corrected chi connectivity index (χ4v) is 4.01. The first-order chi connectivity index (χ1) is 17.1. The minimum atomic E-state index is -2.38. The second-order valence-electron chi connectivity index (χ2n) is 7.94. The van der Waals surface area contributed by atoms with Crippen LogP contribution in [0.1, 0.15) is 32.7 Å². The van der Waals surface area contributed by atoms with Crippen LogP contribution in [0.25, 0.3) is 22.3 Å². The Morgan fingerprint density at radius 1 is 1.18 bits per heavy atom. The zero-order valence-corrected chi connectivity index (χ0v) is 18.8. The molecule has 168 valence electrons. The van der Waals surface area contributed by atoms with Crippen molar-refractivity contribution in [2.45, 2.75) is 26.8 Å². The lowest BCUT2D eigenvalue weighted by atomic mass is 10.1. The molecule has 0 spiro atoms. The van der Waals surface area contributed by atoms with E-state index >= 15 is 0 Å². The van der Waals surface area contributed by atoms with Crippen molar-refractivity contribution in [2.24, 2.45) is 0 Å². The maximum Gasteiger partial charge on any atom is 0.228 e. The van der Waals surface area contributed by atoms with Crippen LogP contribution in [0.3, 0.4) is 0 Å². The number of pyridine rings is 1. The van der Waals surface area contributed by atoms with Gasteiger partial charge in [0.05, 0.1) is 30.7 Å². The summed E-state index contributed by atoms with van der Waals surface area (Å²) in [6.07, 6.45) is 1.02. The topological polar surface area (TPSA) is 76.9 Å². The maximum absolute atomic E-state index is 15.0. The highest BCUT2D eigenvalue weighted by Gasteiger charge is 2.26. The molecule has 0 saturated carbocycles. The van der Waals surface area contributed by atoms with Crippen molar-refractivity contribution in [1.29, 1.82) is 0 Å². The third kappa shape index (κ3) is 4.24. The second-order valence-corrected chi connectivity index (χ2v) is 8.37. The third-order valence-electron chi connectivity index (χ3n) is 5.70. The van der Waals surface area contributed by atoms with Gasteiger partial charge >= 0.3 is 0 Å². The Kier molecular flexibility index (Phi) is 4.75. The number of aryl methyl sites for hydroxylation is 3. The quantitative estimate of drug-likeness (QED) is 0.429. The van der Waals surface area contributed by atoms with Gasteiger partial charge in [-0.15, -0.1) is 0 Å². The number of anilines is 1. The molecule has 4 aromatic rings. The van der Waals surface area contributed by atoms with Gasteiger partial charge in [0.15, 0.2) is 5.65 Å². The maximum atomic E-state index is 15.0. The molecule has 0 radical (unpaired) electrons. The van der Waals surface area contributed by atoms with Gasteiger partial charge in [0, 0.05) is 37.9 Å². The number of aromatic nitrogens is 5. The van der Waals surface area contributed by atoms with E-state index in [0.717, 1.165) is 11.3 Å². The number of nitrogens with zero attached hydrogens (tertiary/aromatic N) is 6. The minimum Gasteiger partial charge on any atom is -0.370 e. The molecule has 0 N–H and O–H groups in total. The monoisotopic (exact) mass is 467 g/mol. The van der Waals surface area contributed by atoms with Gasteiger partial charge < -0.3 is 9.64 Å². The van der Waals surface area contributed by atoms with Gasteiger partial charge in [-0.25, -0.2) is 14.4 Å². The van der Waals surface area contributed by atoms with Crippen molar-refractivity contribution in [3.05, 3.63) is 69.9 Å². The minimum absolute atomic E-state index is 0.0989. The van der Waals surface area contributed by atoms with Gasteiger partial charge in [0.25, 0.3) is 0 Å². The lowest BCUT2D eigenvalue weighted by Gasteiger charge is -2.33. The van der Waals surface area contributed by atoms with Gasteiger partial charge in [0.1, 0.15) is 11.9 Å². The highest BCUT2D eigenvalue weighted by molar-refractivity contribution is 6.30. The number of benzene rings is 1. The number of ether oxygens (including phenoxy) is 1. The van der Waals surface area contributed by atoms with E-state index in [1.807, 2.05) is 24.8 Å². The molecule has 4 heterocycles. The Balaban J connectivity index is 1.58. The molecule has 33 heavy (non-hydrogen) atoms. The van der Waals surface area contributed by atoms with Crippen LogP contribution in [0, 0.1) is 26.5 Å². The molecular weight excluding hydrogens is 443 g/mol. The Hall–Kier alpha value is -3.23. The zero-order valence-electron chi connectivity index (χ0n) is 21.0. The van der Waals surface area contributed by atoms with E-state index in [9.17, 15) is 4.39 Å². The molecule has 5 rings (SSSR count). The number of morpholine rings is 1. The summed E-state index contributed by atoms with van der Waals surface area (Å²) in [6.45, 7) is 2.62. The summed E-state index contributed by atoms with van der Waals surface area (Å²) < 4.78 is 43.7. The van der Waals surface area contributed by atoms with Crippen LogP contribution < -0.4 is 4.90 Å². The molecule has 3 aromatic heterocycles. The fraction of sp³-hybridized carbons (Fsp3) is 0.292. The Labute approximate surface area is 199 Å². The largest absolute Gasteiger partial charge is 0.370 e. The molecule has 1 atom stereocenters. The van der Waals surface area contributed by atoms with Gasteiger partial charge in [-0.1, -0.05) is 11.6 Å². The predicted molar refractivity (Wildman–Crippen MR) is 125 cm³/mol. The SMILES string of the molecule is [2H]C([2H])([2H])c1cc([C@@H]2CN(c3nc(-c4ccc(Cl)cc4F)c4cc(C)c(C)nc4n3)CCO2)cnn1. The van der Waals surface area contributed by atoms with Crippen molar-refractivity contribution in [1.82, 2.24) is 25.1 Å². The summed E-state index contributed by atoms with van der Waals surface area (Å²) in [4.78, 5) is 16.0. The van der Waals surface area contributed by atoms with E-state index in [1.165, 1.54) is 18.3 Å². The van der Waals surface area contributed by atoms with Gasteiger partial charge in [0.2, 0.25) is 5.95 Å². The van der Waals surface area contributed by atoms with Crippen LogP contribution in [0.5, 0.6) is 0 Å². The zero-order chi connectivity index (χ0) is 25.6. The van der Waals surface area contributed by atoms with E-state index in [-0.39, 0.29) is 5.69 Å². The molecule has 7 nitrogen and oxygen atoms in total. The first-order valence-corrected chi connectivity index (χ1v) is 10.8. The molecule has 1 aromatic carbocycles. The molecule has 9 heteroatoms. The fourth-order valence-electron chi connectivity index (χ4n) is 3.85. The van der Waals surface area contributed by atoms with Crippen LogP contribution in [-0.2, 0) is 4.74 Å². The molecule has 0 unspecified atom stereocenters. The van der Waals surface area contributed by atoms with Crippen LogP contribution in [0.2, 0.25) is 5.02 Å². The average Bonchev–Trinajstić information content (AvgIpc) is 2.84. The highest BCUT2D eigenvalue weighted by Crippen LogP contribution is 2.33. The lowest BCUT2D eigenvalue weighted by molar-refractivity contribution is 0.0389. The Morgan fingerprint density at radius 2 is 2.06 bits per heavy atom. The molecule has 1 saturated heterocycles. The van der Waals surface area contributed by atoms with Gasteiger partial charge in [-0.2, -0.15) is 15.2 Å². The van der Waals surface area contributed by atoms with Crippen LogP contribution in [-0.4, -0.2) is 44.8 Å². The lowest BCUT2D eigenvalue weighted by Crippen LogP contribution is -2.39. The van der Waals surface area contributed by atoms with Crippen molar-refractivity contribution >= 4 is 28.6 Å². The predicted octanol–water partition coefficient (Wildman–Crippen LogP) is 4.78. The molecule has 1 fully saturated rings. The Morgan fingerprint density at radius 3 is 2.88 bits per heavy atom. The normalized spacial score (nSPS) is 18.1. The van der Waals surface area contributed by atoms with Crippen molar-refractivity contribution in [2.75, 3.05) is 24.6 Å². The van der Waals surface area contributed by atoms with Gasteiger partial charge in [-0.3, -0.25) is 0 Å². The van der Waals surface area contributed by atoms with E-state index in [0.29, 0.717) is 58.5 Å². The Bertz CT molecular complexity index is 1470. The van der Waals surface area contributed by atoms with Gasteiger partial charge in [-0.05, 0) is 56.6 Å². The molecule has 0 bridgehead atoms. The first kappa shape index (κ1) is 18.2. The van der Waals surface area contributed by atoms with Crippen LogP contribution in [0.4, 0.5) is 10.3 Å². The van der Waals surface area contributed by atoms with Crippen LogP contribution in [0.15, 0.2) is 36.5 Å².